The number of nitrogens with one attached hydrogen (secondary N) is 1. The minimum absolute atomic E-state index is 0.177. The van der Waals surface area contributed by atoms with Crippen molar-refractivity contribution >= 4 is 11.7 Å². The monoisotopic (exact) mass is 314 g/mol. The molecular weight excluding hydrogens is 292 g/mol. The zero-order valence-electron chi connectivity index (χ0n) is 13.7. The zero-order valence-corrected chi connectivity index (χ0v) is 13.7. The minimum atomic E-state index is -0.177. The van der Waals surface area contributed by atoms with Gasteiger partial charge in [0, 0.05) is 12.7 Å². The number of ether oxygens (including phenoxy) is 2. The van der Waals surface area contributed by atoms with Crippen molar-refractivity contribution in [1.82, 2.24) is 4.90 Å². The molecule has 2 aromatic carbocycles. The molecule has 122 valence electrons. The fourth-order valence-corrected chi connectivity index (χ4v) is 2.01. The van der Waals surface area contributed by atoms with E-state index in [1.54, 1.807) is 43.3 Å². The lowest BCUT2D eigenvalue weighted by atomic mass is 10.2. The van der Waals surface area contributed by atoms with Gasteiger partial charge in [-0.1, -0.05) is 18.2 Å². The van der Waals surface area contributed by atoms with E-state index < -0.39 is 0 Å². The molecule has 0 unspecified atom stereocenters. The van der Waals surface area contributed by atoms with Crippen molar-refractivity contribution in [2.75, 3.05) is 32.6 Å². The SMILES string of the molecule is COc1ccc(NC(=O)N(C)CCOc2ccccc2C)cc1. The lowest BCUT2D eigenvalue weighted by molar-refractivity contribution is 0.207. The van der Waals surface area contributed by atoms with Crippen LogP contribution < -0.4 is 14.8 Å². The molecule has 0 aromatic heterocycles. The number of likely N-dealkylation sites (N-methyl/N-ethyl adjacent to an activating group) is 1. The van der Waals surface area contributed by atoms with Gasteiger partial charge in [0.1, 0.15) is 18.1 Å². The summed E-state index contributed by atoms with van der Waals surface area (Å²) in [5.74, 6) is 1.60. The minimum Gasteiger partial charge on any atom is -0.497 e. The van der Waals surface area contributed by atoms with Gasteiger partial charge in [0.25, 0.3) is 0 Å². The number of carbonyl (C=O) groups excluding carboxylic acids is 1. The number of urea groups is 1. The van der Waals surface area contributed by atoms with E-state index in [9.17, 15) is 4.79 Å². The van der Waals surface area contributed by atoms with E-state index in [4.69, 9.17) is 9.47 Å². The third kappa shape index (κ3) is 4.92. The van der Waals surface area contributed by atoms with Crippen LogP contribution >= 0.6 is 0 Å². The average Bonchev–Trinajstić information content (AvgIpc) is 2.57. The molecule has 0 fully saturated rings. The molecule has 0 heterocycles. The van der Waals surface area contributed by atoms with Crippen molar-refractivity contribution in [3.05, 3.63) is 54.1 Å². The van der Waals surface area contributed by atoms with Crippen LogP contribution in [0.25, 0.3) is 0 Å². The van der Waals surface area contributed by atoms with Gasteiger partial charge in [0.15, 0.2) is 0 Å². The Balaban J connectivity index is 1.79. The molecule has 0 aliphatic carbocycles. The first-order valence-corrected chi connectivity index (χ1v) is 7.45. The molecule has 0 radical (unpaired) electrons. The van der Waals surface area contributed by atoms with Gasteiger partial charge in [-0.3, -0.25) is 0 Å². The number of methoxy groups -OCH3 is 1. The zero-order chi connectivity index (χ0) is 16.7. The lowest BCUT2D eigenvalue weighted by Gasteiger charge is -2.18. The molecule has 5 nitrogen and oxygen atoms in total. The molecule has 0 atom stereocenters. The molecule has 2 amide bonds. The van der Waals surface area contributed by atoms with Gasteiger partial charge >= 0.3 is 6.03 Å². The van der Waals surface area contributed by atoms with Crippen LogP contribution in [0.4, 0.5) is 10.5 Å². The van der Waals surface area contributed by atoms with Gasteiger partial charge in [-0.15, -0.1) is 0 Å². The molecule has 5 heteroatoms. The van der Waals surface area contributed by atoms with Crippen LogP contribution in [0.2, 0.25) is 0 Å². The van der Waals surface area contributed by atoms with Crippen LogP contribution in [-0.2, 0) is 0 Å². The van der Waals surface area contributed by atoms with Crippen molar-refractivity contribution in [3.8, 4) is 11.5 Å². The molecule has 0 spiro atoms. The quantitative estimate of drug-likeness (QED) is 0.887. The second-order valence-corrected chi connectivity index (χ2v) is 5.19. The van der Waals surface area contributed by atoms with Crippen molar-refractivity contribution in [2.24, 2.45) is 0 Å². The molecular formula is C18H22N2O3. The summed E-state index contributed by atoms with van der Waals surface area (Å²) in [6, 6.07) is 14.8. The largest absolute Gasteiger partial charge is 0.497 e. The Bertz CT molecular complexity index is 641. The summed E-state index contributed by atoms with van der Waals surface area (Å²) in [5.41, 5.74) is 1.81. The number of carbonyl (C=O) groups is 1. The Morgan fingerprint density at radius 1 is 1.13 bits per heavy atom. The highest BCUT2D eigenvalue weighted by Gasteiger charge is 2.09. The van der Waals surface area contributed by atoms with Crippen LogP contribution in [0.15, 0.2) is 48.5 Å². The predicted octanol–water partition coefficient (Wildman–Crippen LogP) is 3.55. The Morgan fingerprint density at radius 3 is 2.48 bits per heavy atom. The highest BCUT2D eigenvalue weighted by Crippen LogP contribution is 2.16. The Kier molecular flexibility index (Phi) is 5.86. The average molecular weight is 314 g/mol. The molecule has 0 bridgehead atoms. The maximum atomic E-state index is 12.1. The fraction of sp³-hybridized carbons (Fsp3) is 0.278. The van der Waals surface area contributed by atoms with Gasteiger partial charge in [-0.25, -0.2) is 4.79 Å². The Morgan fingerprint density at radius 2 is 1.83 bits per heavy atom. The summed E-state index contributed by atoms with van der Waals surface area (Å²) in [6.07, 6.45) is 0. The maximum Gasteiger partial charge on any atom is 0.321 e. The van der Waals surface area contributed by atoms with E-state index in [2.05, 4.69) is 5.32 Å². The number of rotatable bonds is 6. The number of para-hydroxylation sites is 1. The van der Waals surface area contributed by atoms with Crippen LogP contribution in [-0.4, -0.2) is 38.2 Å². The van der Waals surface area contributed by atoms with Crippen LogP contribution in [0.5, 0.6) is 11.5 Å². The molecule has 2 rings (SSSR count). The second-order valence-electron chi connectivity index (χ2n) is 5.19. The Hall–Kier alpha value is -2.69. The van der Waals surface area contributed by atoms with Gasteiger partial charge in [-0.05, 0) is 42.8 Å². The molecule has 1 N–H and O–H groups in total. The second kappa shape index (κ2) is 8.08. The van der Waals surface area contributed by atoms with Gasteiger partial charge in [0.05, 0.1) is 13.7 Å². The summed E-state index contributed by atoms with van der Waals surface area (Å²) < 4.78 is 10.8. The van der Waals surface area contributed by atoms with E-state index in [0.717, 1.165) is 22.7 Å². The highest BCUT2D eigenvalue weighted by atomic mass is 16.5. The number of nitrogens with zero attached hydrogens (tertiary/aromatic N) is 1. The number of hydrogen-bond acceptors (Lipinski definition) is 3. The molecule has 0 aliphatic heterocycles. The lowest BCUT2D eigenvalue weighted by Crippen LogP contribution is -2.34. The van der Waals surface area contributed by atoms with E-state index in [1.165, 1.54) is 0 Å². The van der Waals surface area contributed by atoms with Crippen LogP contribution in [0.3, 0.4) is 0 Å². The molecule has 2 aromatic rings. The predicted molar refractivity (Wildman–Crippen MR) is 91.3 cm³/mol. The summed E-state index contributed by atoms with van der Waals surface area (Å²) in [5, 5.41) is 2.83. The van der Waals surface area contributed by atoms with Crippen molar-refractivity contribution in [2.45, 2.75) is 6.92 Å². The smallest absolute Gasteiger partial charge is 0.321 e. The molecule has 23 heavy (non-hydrogen) atoms. The number of anilines is 1. The maximum absolute atomic E-state index is 12.1. The molecule has 0 saturated carbocycles. The summed E-state index contributed by atoms with van der Waals surface area (Å²) >= 11 is 0. The first-order chi connectivity index (χ1) is 11.1. The summed E-state index contributed by atoms with van der Waals surface area (Å²) in [6.45, 7) is 2.93. The number of hydrogen-bond donors (Lipinski definition) is 1. The summed E-state index contributed by atoms with van der Waals surface area (Å²) in [7, 11) is 3.34. The summed E-state index contributed by atoms with van der Waals surface area (Å²) in [4.78, 5) is 13.7. The standard InChI is InChI=1S/C18H22N2O3/c1-14-6-4-5-7-17(14)23-13-12-20(2)18(21)19-15-8-10-16(22-3)11-9-15/h4-11H,12-13H2,1-3H3,(H,19,21). The van der Waals surface area contributed by atoms with Gasteiger partial charge in [0.2, 0.25) is 0 Å². The Labute approximate surface area is 136 Å². The van der Waals surface area contributed by atoms with Crippen molar-refractivity contribution in [3.63, 3.8) is 0 Å². The highest BCUT2D eigenvalue weighted by molar-refractivity contribution is 5.89. The van der Waals surface area contributed by atoms with Gasteiger partial charge < -0.3 is 19.7 Å². The van der Waals surface area contributed by atoms with E-state index in [1.807, 2.05) is 31.2 Å². The van der Waals surface area contributed by atoms with E-state index >= 15 is 0 Å². The first-order valence-electron chi connectivity index (χ1n) is 7.45. The van der Waals surface area contributed by atoms with Crippen LogP contribution in [0.1, 0.15) is 5.56 Å². The van der Waals surface area contributed by atoms with E-state index in [-0.39, 0.29) is 6.03 Å². The van der Waals surface area contributed by atoms with Crippen molar-refractivity contribution in [1.29, 1.82) is 0 Å². The van der Waals surface area contributed by atoms with Crippen LogP contribution in [0, 0.1) is 6.92 Å². The normalized spacial score (nSPS) is 10.0. The van der Waals surface area contributed by atoms with E-state index in [0.29, 0.717) is 13.2 Å². The molecule has 0 aliphatic rings. The van der Waals surface area contributed by atoms with Gasteiger partial charge in [-0.2, -0.15) is 0 Å². The van der Waals surface area contributed by atoms with Crippen molar-refractivity contribution < 1.29 is 14.3 Å². The number of benzene rings is 2. The number of amides is 2. The topological polar surface area (TPSA) is 50.8 Å². The number of aryl methyl sites for hydroxylation is 1. The third-order valence-corrected chi connectivity index (χ3v) is 3.47. The molecule has 0 saturated heterocycles. The fourth-order valence-electron chi connectivity index (χ4n) is 2.01. The third-order valence-electron chi connectivity index (χ3n) is 3.47. The first kappa shape index (κ1) is 16.7.